The van der Waals surface area contributed by atoms with Gasteiger partial charge in [0.15, 0.2) is 0 Å². The molecule has 0 saturated carbocycles. The first-order chi connectivity index (χ1) is 10.6. The number of carbonyl (C=O) groups is 1. The van der Waals surface area contributed by atoms with Crippen LogP contribution in [0.15, 0.2) is 55.2 Å². The molecule has 2 heterocycles. The Morgan fingerprint density at radius 3 is 2.82 bits per heavy atom. The van der Waals surface area contributed by atoms with Crippen molar-refractivity contribution in [1.82, 2.24) is 14.5 Å². The summed E-state index contributed by atoms with van der Waals surface area (Å²) in [6.45, 7) is 1.91. The normalized spacial score (nSPS) is 10.5. The lowest BCUT2D eigenvalue weighted by molar-refractivity contribution is 0.102. The summed E-state index contributed by atoms with van der Waals surface area (Å²) in [7, 11) is 0. The SMILES string of the molecule is Cc1ccc(NC(=O)c2ccnc(-n3ccnc3)c2)cc1Cl. The Bertz CT molecular complexity index is 815. The number of amides is 1. The predicted octanol–water partition coefficient (Wildman–Crippen LogP) is 3.48. The quantitative estimate of drug-likeness (QED) is 0.805. The second-order valence-corrected chi connectivity index (χ2v) is 5.20. The number of aryl methyl sites for hydroxylation is 1. The van der Waals surface area contributed by atoms with E-state index in [-0.39, 0.29) is 5.91 Å². The Kier molecular flexibility index (Phi) is 3.89. The summed E-state index contributed by atoms with van der Waals surface area (Å²) in [6, 6.07) is 8.77. The third-order valence-corrected chi connectivity index (χ3v) is 3.61. The maximum absolute atomic E-state index is 12.3. The van der Waals surface area contributed by atoms with Crippen LogP contribution < -0.4 is 5.32 Å². The summed E-state index contributed by atoms with van der Waals surface area (Å²) < 4.78 is 1.74. The van der Waals surface area contributed by atoms with E-state index >= 15 is 0 Å². The zero-order valence-electron chi connectivity index (χ0n) is 11.8. The van der Waals surface area contributed by atoms with E-state index in [0.29, 0.717) is 22.1 Å². The van der Waals surface area contributed by atoms with Crippen LogP contribution in [0.4, 0.5) is 5.69 Å². The number of benzene rings is 1. The van der Waals surface area contributed by atoms with E-state index in [9.17, 15) is 4.79 Å². The van der Waals surface area contributed by atoms with E-state index in [0.717, 1.165) is 5.56 Å². The topological polar surface area (TPSA) is 59.8 Å². The highest BCUT2D eigenvalue weighted by atomic mass is 35.5. The molecule has 1 N–H and O–H groups in total. The van der Waals surface area contributed by atoms with Crippen molar-refractivity contribution in [3.05, 3.63) is 71.4 Å². The van der Waals surface area contributed by atoms with Crippen molar-refractivity contribution in [2.24, 2.45) is 0 Å². The fourth-order valence-electron chi connectivity index (χ4n) is 1.97. The van der Waals surface area contributed by atoms with Gasteiger partial charge in [-0.3, -0.25) is 9.36 Å². The van der Waals surface area contributed by atoms with Gasteiger partial charge in [-0.2, -0.15) is 0 Å². The molecule has 3 rings (SSSR count). The fraction of sp³-hybridized carbons (Fsp3) is 0.0625. The number of rotatable bonds is 3. The van der Waals surface area contributed by atoms with Crippen LogP contribution in [-0.2, 0) is 0 Å². The van der Waals surface area contributed by atoms with Gasteiger partial charge < -0.3 is 5.32 Å². The smallest absolute Gasteiger partial charge is 0.255 e. The first-order valence-electron chi connectivity index (χ1n) is 6.65. The minimum Gasteiger partial charge on any atom is -0.322 e. The number of aromatic nitrogens is 3. The third-order valence-electron chi connectivity index (χ3n) is 3.21. The Morgan fingerprint density at radius 1 is 1.23 bits per heavy atom. The lowest BCUT2D eigenvalue weighted by Gasteiger charge is -2.08. The molecule has 0 bridgehead atoms. The van der Waals surface area contributed by atoms with Crippen molar-refractivity contribution in [2.75, 3.05) is 5.32 Å². The van der Waals surface area contributed by atoms with Gasteiger partial charge in [-0.1, -0.05) is 17.7 Å². The van der Waals surface area contributed by atoms with Gasteiger partial charge in [0.25, 0.3) is 5.91 Å². The number of imidazole rings is 1. The zero-order valence-corrected chi connectivity index (χ0v) is 12.6. The average molecular weight is 313 g/mol. The summed E-state index contributed by atoms with van der Waals surface area (Å²) in [4.78, 5) is 20.5. The van der Waals surface area contributed by atoms with E-state index in [1.54, 1.807) is 47.7 Å². The predicted molar refractivity (Wildman–Crippen MR) is 85.5 cm³/mol. The summed E-state index contributed by atoms with van der Waals surface area (Å²) >= 11 is 6.06. The molecule has 110 valence electrons. The number of nitrogens with zero attached hydrogens (tertiary/aromatic N) is 3. The Labute approximate surface area is 132 Å². The molecule has 0 atom stereocenters. The minimum atomic E-state index is -0.219. The molecular formula is C16H13ClN4O. The van der Waals surface area contributed by atoms with Crippen molar-refractivity contribution >= 4 is 23.2 Å². The van der Waals surface area contributed by atoms with Gasteiger partial charge in [-0.05, 0) is 36.8 Å². The lowest BCUT2D eigenvalue weighted by atomic mass is 10.2. The van der Waals surface area contributed by atoms with Crippen LogP contribution >= 0.6 is 11.6 Å². The maximum atomic E-state index is 12.3. The van der Waals surface area contributed by atoms with Crippen LogP contribution in [0.1, 0.15) is 15.9 Å². The lowest BCUT2D eigenvalue weighted by Crippen LogP contribution is -2.12. The maximum Gasteiger partial charge on any atom is 0.255 e. The minimum absolute atomic E-state index is 0.219. The first-order valence-corrected chi connectivity index (χ1v) is 7.03. The standard InChI is InChI=1S/C16H13ClN4O/c1-11-2-3-13(9-14(11)17)20-16(22)12-4-5-19-15(8-12)21-7-6-18-10-21/h2-10H,1H3,(H,20,22). The van der Waals surface area contributed by atoms with Crippen molar-refractivity contribution < 1.29 is 4.79 Å². The number of halogens is 1. The number of nitrogens with one attached hydrogen (secondary N) is 1. The van der Waals surface area contributed by atoms with Crippen molar-refractivity contribution in [1.29, 1.82) is 0 Å². The first kappa shape index (κ1) is 14.3. The number of hydrogen-bond acceptors (Lipinski definition) is 3. The van der Waals surface area contributed by atoms with Gasteiger partial charge in [-0.15, -0.1) is 0 Å². The zero-order chi connectivity index (χ0) is 15.5. The van der Waals surface area contributed by atoms with Gasteiger partial charge in [0.05, 0.1) is 0 Å². The number of pyridine rings is 1. The monoisotopic (exact) mass is 312 g/mol. The number of anilines is 1. The molecule has 2 aromatic heterocycles. The van der Waals surface area contributed by atoms with E-state index in [1.807, 2.05) is 19.1 Å². The van der Waals surface area contributed by atoms with Crippen LogP contribution in [0.5, 0.6) is 0 Å². The number of carbonyl (C=O) groups excluding carboxylic acids is 1. The molecule has 3 aromatic rings. The van der Waals surface area contributed by atoms with Crippen molar-refractivity contribution in [3.63, 3.8) is 0 Å². The van der Waals surface area contributed by atoms with Crippen LogP contribution in [0.3, 0.4) is 0 Å². The van der Waals surface area contributed by atoms with Gasteiger partial charge in [-0.25, -0.2) is 9.97 Å². The highest BCUT2D eigenvalue weighted by molar-refractivity contribution is 6.31. The Balaban J connectivity index is 1.83. The molecule has 0 radical (unpaired) electrons. The van der Waals surface area contributed by atoms with Crippen LogP contribution in [0.2, 0.25) is 5.02 Å². The third kappa shape index (κ3) is 2.99. The highest BCUT2D eigenvalue weighted by Gasteiger charge is 2.09. The van der Waals surface area contributed by atoms with Gasteiger partial charge in [0.1, 0.15) is 12.1 Å². The van der Waals surface area contributed by atoms with Crippen molar-refractivity contribution in [2.45, 2.75) is 6.92 Å². The molecule has 5 nitrogen and oxygen atoms in total. The van der Waals surface area contributed by atoms with Gasteiger partial charge in [0, 0.05) is 34.9 Å². The van der Waals surface area contributed by atoms with E-state index < -0.39 is 0 Å². The van der Waals surface area contributed by atoms with Crippen LogP contribution in [0, 0.1) is 6.92 Å². The molecule has 0 aliphatic carbocycles. The second-order valence-electron chi connectivity index (χ2n) is 4.79. The van der Waals surface area contributed by atoms with Gasteiger partial charge >= 0.3 is 0 Å². The largest absolute Gasteiger partial charge is 0.322 e. The van der Waals surface area contributed by atoms with Gasteiger partial charge in [0.2, 0.25) is 0 Å². The Hall–Kier alpha value is -2.66. The summed E-state index contributed by atoms with van der Waals surface area (Å²) in [5.74, 6) is 0.413. The molecule has 1 aromatic carbocycles. The number of hydrogen-bond donors (Lipinski definition) is 1. The molecular weight excluding hydrogens is 300 g/mol. The molecule has 22 heavy (non-hydrogen) atoms. The highest BCUT2D eigenvalue weighted by Crippen LogP contribution is 2.20. The van der Waals surface area contributed by atoms with E-state index in [1.165, 1.54) is 0 Å². The van der Waals surface area contributed by atoms with Crippen LogP contribution in [-0.4, -0.2) is 20.4 Å². The summed E-state index contributed by atoms with van der Waals surface area (Å²) in [6.07, 6.45) is 6.64. The second kappa shape index (κ2) is 5.99. The van der Waals surface area contributed by atoms with Crippen LogP contribution in [0.25, 0.3) is 5.82 Å². The summed E-state index contributed by atoms with van der Waals surface area (Å²) in [5, 5.41) is 3.44. The molecule has 0 aliphatic heterocycles. The molecule has 0 aliphatic rings. The molecule has 0 spiro atoms. The van der Waals surface area contributed by atoms with E-state index in [4.69, 9.17) is 11.6 Å². The molecule has 0 fully saturated rings. The molecule has 0 saturated heterocycles. The fourth-order valence-corrected chi connectivity index (χ4v) is 2.15. The molecule has 1 amide bonds. The Morgan fingerprint density at radius 2 is 2.09 bits per heavy atom. The summed E-state index contributed by atoms with van der Waals surface area (Å²) in [5.41, 5.74) is 2.13. The molecule has 6 heteroatoms. The van der Waals surface area contributed by atoms with Crippen molar-refractivity contribution in [3.8, 4) is 5.82 Å². The average Bonchev–Trinajstić information content (AvgIpc) is 3.05. The molecule has 0 unspecified atom stereocenters. The van der Waals surface area contributed by atoms with E-state index in [2.05, 4.69) is 15.3 Å².